The maximum Gasteiger partial charge on any atom is 0.229 e. The average Bonchev–Trinajstić information content (AvgIpc) is 3.52. The molecule has 2 aromatic carbocycles. The molecule has 202 valence electrons. The van der Waals surface area contributed by atoms with E-state index >= 15 is 0 Å². The molecule has 11 heteroatoms. The number of benzene rings is 2. The molecule has 3 heterocycles. The van der Waals surface area contributed by atoms with Gasteiger partial charge >= 0.3 is 0 Å². The van der Waals surface area contributed by atoms with E-state index in [1.54, 1.807) is 20.3 Å². The Morgan fingerprint density at radius 2 is 1.38 bits per heavy atom. The van der Waals surface area contributed by atoms with E-state index in [9.17, 15) is 25.5 Å². The van der Waals surface area contributed by atoms with Crippen LogP contribution < -0.4 is 14.2 Å². The smallest absolute Gasteiger partial charge is 0.229 e. The van der Waals surface area contributed by atoms with Gasteiger partial charge in [0.05, 0.1) is 46.2 Å². The average molecular weight is 521 g/mol. The van der Waals surface area contributed by atoms with Gasteiger partial charge in [-0.3, -0.25) is 0 Å². The maximum absolute atomic E-state index is 10.7. The van der Waals surface area contributed by atoms with Crippen LogP contribution in [0.2, 0.25) is 0 Å². The Kier molecular flexibility index (Phi) is 7.46. The van der Waals surface area contributed by atoms with Gasteiger partial charge in [0.1, 0.15) is 24.4 Å². The first kappa shape index (κ1) is 26.0. The molecule has 11 nitrogen and oxygen atoms in total. The standard InChI is InChI=1S/C26H32O11/c1-32-18-6-4-13(8-19(18)33-2)25-15-11-34-24(14(15)10-35-25)12-3-5-17(16(28)7-12)36-26-23(31)22(30)21(29)20(9-27)37-26/h3-8,14-15,20-31H,9-11H2,1-2H3/t14-,15+,20+,21+,22-,23+,24-,25+,26-/m0/s1. The monoisotopic (exact) mass is 520 g/mol. The first-order valence-electron chi connectivity index (χ1n) is 12.1. The number of aliphatic hydroxyl groups excluding tert-OH is 4. The number of aliphatic hydroxyl groups is 4. The van der Waals surface area contributed by atoms with Gasteiger partial charge in [-0.2, -0.15) is 0 Å². The molecule has 3 aliphatic rings. The van der Waals surface area contributed by atoms with Crippen LogP contribution in [-0.4, -0.2) is 90.3 Å². The lowest BCUT2D eigenvalue weighted by Crippen LogP contribution is -2.60. The molecule has 5 N–H and O–H groups in total. The molecule has 3 aliphatic heterocycles. The summed E-state index contributed by atoms with van der Waals surface area (Å²) in [6.07, 6.45) is -7.65. The van der Waals surface area contributed by atoms with E-state index < -0.39 is 37.3 Å². The SMILES string of the molecule is COc1ccc([C@H]2OC[C@H]3[C@H]2CO[C@H]3c2ccc(O[C@H]3O[C@H](CO)[C@@H](O)[C@H](O)[C@H]3O)c(O)c2)cc1OC. The van der Waals surface area contributed by atoms with Crippen molar-refractivity contribution in [3.05, 3.63) is 47.5 Å². The Bertz CT molecular complexity index is 1090. The summed E-state index contributed by atoms with van der Waals surface area (Å²) in [7, 11) is 3.18. The molecular formula is C26H32O11. The second kappa shape index (κ2) is 10.6. The molecule has 2 aromatic rings. The minimum Gasteiger partial charge on any atom is -0.504 e. The molecule has 9 atom stereocenters. The third kappa shape index (κ3) is 4.72. The quantitative estimate of drug-likeness (QED) is 0.349. The van der Waals surface area contributed by atoms with Crippen LogP contribution in [-0.2, 0) is 14.2 Å². The fourth-order valence-corrected chi connectivity index (χ4v) is 5.37. The van der Waals surface area contributed by atoms with E-state index in [-0.39, 0.29) is 35.5 Å². The number of methoxy groups -OCH3 is 2. The first-order valence-corrected chi connectivity index (χ1v) is 12.1. The van der Waals surface area contributed by atoms with Crippen molar-refractivity contribution in [2.24, 2.45) is 11.8 Å². The molecule has 0 radical (unpaired) electrons. The van der Waals surface area contributed by atoms with Gasteiger partial charge in [-0.05, 0) is 35.4 Å². The molecule has 3 fully saturated rings. The highest BCUT2D eigenvalue weighted by atomic mass is 16.7. The third-order valence-corrected chi connectivity index (χ3v) is 7.40. The summed E-state index contributed by atoms with van der Waals surface area (Å²) >= 11 is 0. The summed E-state index contributed by atoms with van der Waals surface area (Å²) in [5, 5.41) is 50.1. The fourth-order valence-electron chi connectivity index (χ4n) is 5.37. The van der Waals surface area contributed by atoms with E-state index in [1.807, 2.05) is 18.2 Å². The Morgan fingerprint density at radius 1 is 0.784 bits per heavy atom. The summed E-state index contributed by atoms with van der Waals surface area (Å²) in [6.45, 7) is 0.389. The van der Waals surface area contributed by atoms with Crippen LogP contribution in [0.4, 0.5) is 0 Å². The van der Waals surface area contributed by atoms with Gasteiger partial charge in [-0.1, -0.05) is 12.1 Å². The summed E-state index contributed by atoms with van der Waals surface area (Å²) in [5.74, 6) is 1.24. The van der Waals surface area contributed by atoms with Gasteiger partial charge in [0.2, 0.25) is 6.29 Å². The van der Waals surface area contributed by atoms with Crippen LogP contribution in [0, 0.1) is 11.8 Å². The minimum atomic E-state index is -1.58. The van der Waals surface area contributed by atoms with Crippen molar-refractivity contribution >= 4 is 0 Å². The number of aromatic hydroxyl groups is 1. The first-order chi connectivity index (χ1) is 17.9. The van der Waals surface area contributed by atoms with Crippen LogP contribution in [0.25, 0.3) is 0 Å². The van der Waals surface area contributed by atoms with E-state index in [2.05, 4.69) is 0 Å². The summed E-state index contributed by atoms with van der Waals surface area (Å²) in [5.41, 5.74) is 1.71. The van der Waals surface area contributed by atoms with Gasteiger partial charge in [0.15, 0.2) is 23.0 Å². The number of fused-ring (bicyclic) bond motifs is 1. The highest BCUT2D eigenvalue weighted by molar-refractivity contribution is 5.45. The topological polar surface area (TPSA) is 157 Å². The van der Waals surface area contributed by atoms with Crippen LogP contribution in [0.3, 0.4) is 0 Å². The lowest BCUT2D eigenvalue weighted by Gasteiger charge is -2.39. The van der Waals surface area contributed by atoms with Gasteiger partial charge in [0, 0.05) is 11.8 Å². The highest BCUT2D eigenvalue weighted by Gasteiger charge is 2.48. The summed E-state index contributed by atoms with van der Waals surface area (Å²) in [4.78, 5) is 0. The summed E-state index contributed by atoms with van der Waals surface area (Å²) in [6, 6.07) is 10.5. The molecule has 3 saturated heterocycles. The predicted octanol–water partition coefficient (Wildman–Crippen LogP) is 0.663. The number of phenolic OH excluding ortho intramolecular Hbond substituents is 1. The third-order valence-electron chi connectivity index (χ3n) is 7.40. The summed E-state index contributed by atoms with van der Waals surface area (Å²) < 4.78 is 34.0. The number of phenols is 1. The van der Waals surface area contributed by atoms with Gasteiger partial charge in [-0.25, -0.2) is 0 Å². The molecule has 5 rings (SSSR count). The Morgan fingerprint density at radius 3 is 1.95 bits per heavy atom. The molecule has 0 aromatic heterocycles. The zero-order valence-corrected chi connectivity index (χ0v) is 20.5. The van der Waals surface area contributed by atoms with Gasteiger partial charge in [-0.15, -0.1) is 0 Å². The van der Waals surface area contributed by atoms with Crippen molar-refractivity contribution in [3.63, 3.8) is 0 Å². The van der Waals surface area contributed by atoms with Crippen molar-refractivity contribution in [1.29, 1.82) is 0 Å². The molecule has 0 spiro atoms. The second-order valence-corrected chi connectivity index (χ2v) is 9.49. The minimum absolute atomic E-state index is 0.00787. The Balaban J connectivity index is 1.29. The molecule has 0 aliphatic carbocycles. The lowest BCUT2D eigenvalue weighted by molar-refractivity contribution is -0.277. The molecular weight excluding hydrogens is 488 g/mol. The Labute approximate surface area is 213 Å². The highest BCUT2D eigenvalue weighted by Crippen LogP contribution is 2.51. The van der Waals surface area contributed by atoms with E-state index in [1.165, 1.54) is 12.1 Å². The normalized spacial score (nSPS) is 35.2. The van der Waals surface area contributed by atoms with Crippen LogP contribution in [0.15, 0.2) is 36.4 Å². The van der Waals surface area contributed by atoms with Crippen molar-refractivity contribution in [3.8, 4) is 23.0 Å². The van der Waals surface area contributed by atoms with Crippen LogP contribution in [0.1, 0.15) is 23.3 Å². The number of ether oxygens (including phenoxy) is 6. The van der Waals surface area contributed by atoms with Gasteiger partial charge in [0.25, 0.3) is 0 Å². The largest absolute Gasteiger partial charge is 0.504 e. The number of hydrogen-bond donors (Lipinski definition) is 5. The van der Waals surface area contributed by atoms with Gasteiger partial charge < -0.3 is 54.0 Å². The van der Waals surface area contributed by atoms with Crippen molar-refractivity contribution in [2.75, 3.05) is 34.0 Å². The predicted molar refractivity (Wildman–Crippen MR) is 126 cm³/mol. The zero-order valence-electron chi connectivity index (χ0n) is 20.5. The van der Waals surface area contributed by atoms with E-state index in [4.69, 9.17) is 28.4 Å². The van der Waals surface area contributed by atoms with E-state index in [0.717, 1.165) is 11.1 Å². The number of rotatable bonds is 7. The molecule has 37 heavy (non-hydrogen) atoms. The van der Waals surface area contributed by atoms with Crippen molar-refractivity contribution < 1.29 is 54.0 Å². The van der Waals surface area contributed by atoms with Crippen LogP contribution >= 0.6 is 0 Å². The fraction of sp³-hybridized carbons (Fsp3) is 0.538. The number of hydrogen-bond acceptors (Lipinski definition) is 11. The lowest BCUT2D eigenvalue weighted by atomic mass is 9.85. The second-order valence-electron chi connectivity index (χ2n) is 9.49. The molecule has 0 amide bonds. The van der Waals surface area contributed by atoms with E-state index in [0.29, 0.717) is 24.7 Å². The molecule has 0 bridgehead atoms. The van der Waals surface area contributed by atoms with Crippen LogP contribution in [0.5, 0.6) is 23.0 Å². The molecule has 0 unspecified atom stereocenters. The molecule has 0 saturated carbocycles. The zero-order chi connectivity index (χ0) is 26.3. The van der Waals surface area contributed by atoms with Crippen molar-refractivity contribution in [1.82, 2.24) is 0 Å². The maximum atomic E-state index is 10.7. The Hall–Kier alpha value is -2.64. The van der Waals surface area contributed by atoms with Crippen molar-refractivity contribution in [2.45, 2.75) is 42.9 Å².